The van der Waals surface area contributed by atoms with Gasteiger partial charge in [0.25, 0.3) is 0 Å². The number of amides is 1. The molecule has 0 spiro atoms. The van der Waals surface area contributed by atoms with Crippen molar-refractivity contribution in [3.05, 3.63) is 59.2 Å². The van der Waals surface area contributed by atoms with Crippen molar-refractivity contribution in [1.82, 2.24) is 25.1 Å². The SMILES string of the molecule is Cc1cccc(-n2nnnc2SCC(=O)N(Cc2ccc(N(C)C)cc2)C[C@@H]2CCCO2)c1C. The van der Waals surface area contributed by atoms with E-state index in [1.54, 1.807) is 4.68 Å². The average molecular weight is 481 g/mol. The van der Waals surface area contributed by atoms with Crippen LogP contribution < -0.4 is 4.90 Å². The van der Waals surface area contributed by atoms with E-state index in [4.69, 9.17) is 4.74 Å². The van der Waals surface area contributed by atoms with Gasteiger partial charge in [-0.3, -0.25) is 4.79 Å². The largest absolute Gasteiger partial charge is 0.378 e. The summed E-state index contributed by atoms with van der Waals surface area (Å²) in [5.74, 6) is 0.306. The maximum Gasteiger partial charge on any atom is 0.233 e. The molecule has 180 valence electrons. The molecule has 1 aliphatic heterocycles. The molecule has 4 rings (SSSR count). The summed E-state index contributed by atoms with van der Waals surface area (Å²) in [6, 6.07) is 14.4. The van der Waals surface area contributed by atoms with Gasteiger partial charge in [-0.05, 0) is 72.0 Å². The lowest BCUT2D eigenvalue weighted by atomic mass is 10.1. The summed E-state index contributed by atoms with van der Waals surface area (Å²) >= 11 is 1.36. The molecule has 34 heavy (non-hydrogen) atoms. The van der Waals surface area contributed by atoms with Gasteiger partial charge in [0.1, 0.15) is 0 Å². The van der Waals surface area contributed by atoms with Gasteiger partial charge in [0, 0.05) is 39.5 Å². The van der Waals surface area contributed by atoms with Gasteiger partial charge in [0.2, 0.25) is 11.1 Å². The molecule has 1 amide bonds. The second-order valence-corrected chi connectivity index (χ2v) is 9.79. The lowest BCUT2D eigenvalue weighted by Gasteiger charge is -2.26. The number of carbonyl (C=O) groups excluding carboxylic acids is 1. The van der Waals surface area contributed by atoms with Crippen LogP contribution in [-0.2, 0) is 16.1 Å². The number of nitrogens with zero attached hydrogens (tertiary/aromatic N) is 6. The van der Waals surface area contributed by atoms with Crippen LogP contribution in [-0.4, -0.2) is 70.1 Å². The Hall–Kier alpha value is -2.91. The van der Waals surface area contributed by atoms with Crippen molar-refractivity contribution in [2.45, 2.75) is 44.5 Å². The van der Waals surface area contributed by atoms with Gasteiger partial charge in [-0.1, -0.05) is 36.0 Å². The van der Waals surface area contributed by atoms with Gasteiger partial charge < -0.3 is 14.5 Å². The second kappa shape index (κ2) is 11.0. The van der Waals surface area contributed by atoms with Crippen molar-refractivity contribution in [2.24, 2.45) is 0 Å². The summed E-state index contributed by atoms with van der Waals surface area (Å²) in [7, 11) is 4.04. The fraction of sp³-hybridized carbons (Fsp3) is 0.440. The Balaban J connectivity index is 1.47. The van der Waals surface area contributed by atoms with Gasteiger partial charge >= 0.3 is 0 Å². The number of hydrogen-bond acceptors (Lipinski definition) is 7. The summed E-state index contributed by atoms with van der Waals surface area (Å²) in [5.41, 5.74) is 5.45. The number of anilines is 1. The quantitative estimate of drug-likeness (QED) is 0.433. The van der Waals surface area contributed by atoms with Crippen LogP contribution in [0.3, 0.4) is 0 Å². The minimum absolute atomic E-state index is 0.0488. The van der Waals surface area contributed by atoms with E-state index < -0.39 is 0 Å². The molecule has 1 fully saturated rings. The summed E-state index contributed by atoms with van der Waals surface area (Å²) < 4.78 is 7.54. The van der Waals surface area contributed by atoms with Crippen molar-refractivity contribution in [3.8, 4) is 5.69 Å². The number of rotatable bonds is 9. The van der Waals surface area contributed by atoms with Gasteiger partial charge in [-0.25, -0.2) is 0 Å². The maximum absolute atomic E-state index is 13.3. The molecule has 0 unspecified atom stereocenters. The average Bonchev–Trinajstić information content (AvgIpc) is 3.51. The first-order chi connectivity index (χ1) is 16.4. The van der Waals surface area contributed by atoms with E-state index in [0.29, 0.717) is 18.2 Å². The van der Waals surface area contributed by atoms with Crippen molar-refractivity contribution in [2.75, 3.05) is 37.9 Å². The van der Waals surface area contributed by atoms with Gasteiger partial charge in [0.05, 0.1) is 17.5 Å². The molecule has 0 bridgehead atoms. The first kappa shape index (κ1) is 24.2. The monoisotopic (exact) mass is 480 g/mol. The van der Waals surface area contributed by atoms with Gasteiger partial charge in [-0.2, -0.15) is 4.68 Å². The number of hydrogen-bond donors (Lipinski definition) is 0. The zero-order chi connectivity index (χ0) is 24.1. The maximum atomic E-state index is 13.3. The van der Waals surface area contributed by atoms with E-state index >= 15 is 0 Å². The molecule has 0 aliphatic carbocycles. The van der Waals surface area contributed by atoms with E-state index in [0.717, 1.165) is 42.0 Å². The highest BCUT2D eigenvalue weighted by molar-refractivity contribution is 7.99. The standard InChI is InChI=1S/C25H32N6O2S/c1-18-7-5-9-23(19(18)2)31-25(26-27-28-31)34-17-24(32)30(16-22-8-6-14-33-22)15-20-10-12-21(13-11-20)29(3)4/h5,7,9-13,22H,6,8,14-17H2,1-4H3/t22-/m0/s1. The summed E-state index contributed by atoms with van der Waals surface area (Å²) in [6.07, 6.45) is 2.13. The predicted molar refractivity (Wildman–Crippen MR) is 135 cm³/mol. The number of benzene rings is 2. The van der Waals surface area contributed by atoms with E-state index in [1.165, 1.54) is 17.3 Å². The number of aryl methyl sites for hydroxylation is 1. The lowest BCUT2D eigenvalue weighted by molar-refractivity contribution is -0.130. The van der Waals surface area contributed by atoms with E-state index in [9.17, 15) is 4.79 Å². The molecule has 8 nitrogen and oxygen atoms in total. The Morgan fingerprint density at radius 2 is 1.97 bits per heavy atom. The van der Waals surface area contributed by atoms with Crippen LogP contribution in [0.25, 0.3) is 5.69 Å². The summed E-state index contributed by atoms with van der Waals surface area (Å²) in [6.45, 7) is 6.03. The van der Waals surface area contributed by atoms with Crippen LogP contribution in [0.2, 0.25) is 0 Å². The molecule has 1 aliphatic rings. The van der Waals surface area contributed by atoms with Crippen molar-refractivity contribution in [1.29, 1.82) is 0 Å². The molecule has 9 heteroatoms. The van der Waals surface area contributed by atoms with Crippen LogP contribution in [0.15, 0.2) is 47.6 Å². The highest BCUT2D eigenvalue weighted by Crippen LogP contribution is 2.24. The topological polar surface area (TPSA) is 76.4 Å². The first-order valence-electron chi connectivity index (χ1n) is 11.6. The zero-order valence-corrected chi connectivity index (χ0v) is 21.1. The molecule has 2 aromatic carbocycles. The Bertz CT molecular complexity index is 1110. The Morgan fingerprint density at radius 3 is 2.68 bits per heavy atom. The van der Waals surface area contributed by atoms with Crippen LogP contribution >= 0.6 is 11.8 Å². The molecule has 0 N–H and O–H groups in total. The van der Waals surface area contributed by atoms with E-state index in [1.807, 2.05) is 31.1 Å². The fourth-order valence-electron chi connectivity index (χ4n) is 4.01. The third-order valence-electron chi connectivity index (χ3n) is 6.20. The lowest BCUT2D eigenvalue weighted by Crippen LogP contribution is -2.38. The normalized spacial score (nSPS) is 15.5. The molecular weight excluding hydrogens is 448 g/mol. The number of tetrazole rings is 1. The summed E-state index contributed by atoms with van der Waals surface area (Å²) in [4.78, 5) is 17.3. The van der Waals surface area contributed by atoms with Gasteiger partial charge in [0.15, 0.2) is 0 Å². The fourth-order valence-corrected chi connectivity index (χ4v) is 4.80. The zero-order valence-electron chi connectivity index (χ0n) is 20.3. The first-order valence-corrected chi connectivity index (χ1v) is 12.5. The van der Waals surface area contributed by atoms with E-state index in [-0.39, 0.29) is 17.8 Å². The highest BCUT2D eigenvalue weighted by Gasteiger charge is 2.24. The van der Waals surface area contributed by atoms with Crippen LogP contribution in [0.1, 0.15) is 29.5 Å². The van der Waals surface area contributed by atoms with Gasteiger partial charge in [-0.15, -0.1) is 5.10 Å². The minimum atomic E-state index is 0.0488. The Labute approximate surface area is 205 Å². The van der Waals surface area contributed by atoms with Crippen molar-refractivity contribution >= 4 is 23.4 Å². The third-order valence-corrected chi connectivity index (χ3v) is 7.10. The molecule has 1 aromatic heterocycles. The van der Waals surface area contributed by atoms with E-state index in [2.05, 4.69) is 64.6 Å². The smallest absolute Gasteiger partial charge is 0.233 e. The van der Waals surface area contributed by atoms with Crippen LogP contribution in [0, 0.1) is 13.8 Å². The van der Waals surface area contributed by atoms with Crippen LogP contribution in [0.5, 0.6) is 0 Å². The molecule has 1 saturated heterocycles. The minimum Gasteiger partial charge on any atom is -0.378 e. The van der Waals surface area contributed by atoms with Crippen molar-refractivity contribution in [3.63, 3.8) is 0 Å². The van der Waals surface area contributed by atoms with Crippen LogP contribution in [0.4, 0.5) is 5.69 Å². The summed E-state index contributed by atoms with van der Waals surface area (Å²) in [5, 5.41) is 12.8. The number of aromatic nitrogens is 4. The predicted octanol–water partition coefficient (Wildman–Crippen LogP) is 3.65. The molecule has 1 atom stereocenters. The Kier molecular flexibility index (Phi) is 7.84. The molecule has 0 radical (unpaired) electrons. The number of carbonyl (C=O) groups is 1. The molecular formula is C25H32N6O2S. The molecule has 3 aromatic rings. The molecule has 0 saturated carbocycles. The molecule has 2 heterocycles. The van der Waals surface area contributed by atoms with Crippen molar-refractivity contribution < 1.29 is 9.53 Å². The third kappa shape index (κ3) is 5.77. The highest BCUT2D eigenvalue weighted by atomic mass is 32.2. The number of ether oxygens (including phenoxy) is 1. The second-order valence-electron chi connectivity index (χ2n) is 8.85. The number of thioether (sulfide) groups is 1. The Morgan fingerprint density at radius 1 is 1.18 bits per heavy atom.